The van der Waals surface area contributed by atoms with Crippen molar-refractivity contribution in [1.29, 1.82) is 0 Å². The lowest BCUT2D eigenvalue weighted by Crippen LogP contribution is -3.13. The quantitative estimate of drug-likeness (QED) is 0.757. The number of aryl methyl sites for hydroxylation is 1. The topological polar surface area (TPSA) is 51.3 Å². The summed E-state index contributed by atoms with van der Waals surface area (Å²) >= 11 is 6.66. The molecule has 3 heterocycles. The highest BCUT2D eigenvalue weighted by atomic mass is 35.5. The molecule has 1 aliphatic heterocycles. The number of hydrogen-bond donors (Lipinski definition) is 1. The molecule has 6 nitrogen and oxygen atoms in total. The van der Waals surface area contributed by atoms with E-state index in [1.807, 2.05) is 48.0 Å². The Hall–Kier alpha value is -2.44. The number of anilines is 1. The maximum atomic E-state index is 6.66. The predicted octanol–water partition coefficient (Wildman–Crippen LogP) is 1.53. The fourth-order valence-corrected chi connectivity index (χ4v) is 3.72. The van der Waals surface area contributed by atoms with Gasteiger partial charge in [-0.2, -0.15) is 5.10 Å². The van der Waals surface area contributed by atoms with Crippen LogP contribution in [0, 0.1) is 6.92 Å². The molecule has 7 heteroatoms. The zero-order valence-corrected chi connectivity index (χ0v) is 15.5. The summed E-state index contributed by atoms with van der Waals surface area (Å²) in [6.07, 6.45) is 3.59. The summed E-state index contributed by atoms with van der Waals surface area (Å²) in [5, 5.41) is 5.37. The van der Waals surface area contributed by atoms with E-state index in [1.165, 1.54) is 4.90 Å². The first kappa shape index (κ1) is 17.0. The van der Waals surface area contributed by atoms with Crippen molar-refractivity contribution in [2.45, 2.75) is 13.5 Å². The Bertz CT molecular complexity index is 856. The molecule has 26 heavy (non-hydrogen) atoms. The van der Waals surface area contributed by atoms with E-state index in [0.717, 1.165) is 60.8 Å². The number of benzene rings is 1. The van der Waals surface area contributed by atoms with Crippen LogP contribution in [0.25, 0.3) is 5.69 Å². The van der Waals surface area contributed by atoms with Gasteiger partial charge in [-0.1, -0.05) is 29.8 Å². The van der Waals surface area contributed by atoms with E-state index in [9.17, 15) is 0 Å². The maximum Gasteiger partial charge on any atom is 0.225 e. The van der Waals surface area contributed by atoms with E-state index in [1.54, 1.807) is 12.4 Å². The molecule has 0 unspecified atom stereocenters. The molecule has 0 aliphatic carbocycles. The third-order valence-corrected chi connectivity index (χ3v) is 5.24. The summed E-state index contributed by atoms with van der Waals surface area (Å²) in [6.45, 7) is 6.88. The number of nitrogens with one attached hydrogen (secondary N) is 1. The van der Waals surface area contributed by atoms with Crippen LogP contribution in [0.15, 0.2) is 48.8 Å². The first-order valence-corrected chi connectivity index (χ1v) is 9.25. The first-order chi connectivity index (χ1) is 12.7. The molecule has 0 spiro atoms. The summed E-state index contributed by atoms with van der Waals surface area (Å²) in [5.74, 6) is 0.817. The number of rotatable bonds is 4. The number of halogens is 1. The van der Waals surface area contributed by atoms with Crippen LogP contribution in [0.5, 0.6) is 0 Å². The van der Waals surface area contributed by atoms with Gasteiger partial charge in [0, 0.05) is 12.4 Å². The van der Waals surface area contributed by atoms with Gasteiger partial charge in [0.2, 0.25) is 5.95 Å². The average molecular weight is 370 g/mol. The second-order valence-corrected chi connectivity index (χ2v) is 6.92. The van der Waals surface area contributed by atoms with Gasteiger partial charge in [-0.15, -0.1) is 0 Å². The minimum atomic E-state index is 0.718. The molecule has 4 rings (SSSR count). The van der Waals surface area contributed by atoms with E-state index < -0.39 is 0 Å². The molecule has 1 aliphatic rings. The molecule has 3 aromatic rings. The van der Waals surface area contributed by atoms with Crippen molar-refractivity contribution in [3.05, 3.63) is 65.2 Å². The Morgan fingerprint density at radius 2 is 1.73 bits per heavy atom. The molecule has 1 aromatic carbocycles. The standard InChI is InChI=1S/C19H21ClN6/c1-15-17(18(20)26(23-15)16-6-3-2-4-7-16)14-24-10-12-25(13-11-24)19-21-8-5-9-22-19/h2-9H,10-14H2,1H3/p+1. The van der Waals surface area contributed by atoms with Crippen molar-refractivity contribution in [3.63, 3.8) is 0 Å². The van der Waals surface area contributed by atoms with Crippen molar-refractivity contribution >= 4 is 17.5 Å². The zero-order chi connectivity index (χ0) is 17.9. The lowest BCUT2D eigenvalue weighted by molar-refractivity contribution is -0.914. The number of nitrogens with zero attached hydrogens (tertiary/aromatic N) is 5. The van der Waals surface area contributed by atoms with Gasteiger partial charge >= 0.3 is 0 Å². The monoisotopic (exact) mass is 369 g/mol. The van der Waals surface area contributed by atoms with Crippen LogP contribution in [0.2, 0.25) is 5.15 Å². The Kier molecular flexibility index (Phi) is 4.86. The van der Waals surface area contributed by atoms with Crippen LogP contribution in [0.1, 0.15) is 11.3 Å². The molecule has 1 N–H and O–H groups in total. The number of quaternary nitrogens is 1. The van der Waals surface area contributed by atoms with E-state index in [-0.39, 0.29) is 0 Å². The fourth-order valence-electron chi connectivity index (χ4n) is 3.38. The molecule has 0 radical (unpaired) electrons. The largest absolute Gasteiger partial charge is 0.330 e. The summed E-state index contributed by atoms with van der Waals surface area (Å²) in [6, 6.07) is 11.9. The maximum absolute atomic E-state index is 6.66. The molecule has 2 aromatic heterocycles. The minimum Gasteiger partial charge on any atom is -0.330 e. The number of piperazine rings is 1. The zero-order valence-electron chi connectivity index (χ0n) is 14.8. The van der Waals surface area contributed by atoms with E-state index >= 15 is 0 Å². The van der Waals surface area contributed by atoms with Crippen LogP contribution in [0.3, 0.4) is 0 Å². The van der Waals surface area contributed by atoms with Gasteiger partial charge in [0.1, 0.15) is 11.7 Å². The average Bonchev–Trinajstić information content (AvgIpc) is 2.98. The van der Waals surface area contributed by atoms with Crippen molar-refractivity contribution in [1.82, 2.24) is 19.7 Å². The molecule has 0 saturated carbocycles. The molecular formula is C19H22ClN6+. The number of para-hydroxylation sites is 1. The number of aromatic nitrogens is 4. The minimum absolute atomic E-state index is 0.718. The van der Waals surface area contributed by atoms with Crippen molar-refractivity contribution in [2.24, 2.45) is 0 Å². The summed E-state index contributed by atoms with van der Waals surface area (Å²) < 4.78 is 1.83. The molecule has 1 saturated heterocycles. The lowest BCUT2D eigenvalue weighted by Gasteiger charge is -2.32. The van der Waals surface area contributed by atoms with Crippen molar-refractivity contribution in [3.8, 4) is 5.69 Å². The van der Waals surface area contributed by atoms with Crippen LogP contribution in [-0.2, 0) is 6.54 Å². The molecule has 1 fully saturated rings. The number of hydrogen-bond acceptors (Lipinski definition) is 4. The highest BCUT2D eigenvalue weighted by Crippen LogP contribution is 2.22. The second kappa shape index (κ2) is 7.43. The van der Waals surface area contributed by atoms with Crippen molar-refractivity contribution in [2.75, 3.05) is 31.1 Å². The highest BCUT2D eigenvalue weighted by Gasteiger charge is 2.25. The lowest BCUT2D eigenvalue weighted by atomic mass is 10.2. The third kappa shape index (κ3) is 3.43. The van der Waals surface area contributed by atoms with Crippen LogP contribution < -0.4 is 9.80 Å². The highest BCUT2D eigenvalue weighted by molar-refractivity contribution is 6.30. The summed E-state index contributed by atoms with van der Waals surface area (Å²) in [7, 11) is 0. The van der Waals surface area contributed by atoms with Gasteiger partial charge in [0.05, 0.1) is 43.1 Å². The van der Waals surface area contributed by atoms with Crippen LogP contribution >= 0.6 is 11.6 Å². The second-order valence-electron chi connectivity index (χ2n) is 6.56. The molecule has 0 atom stereocenters. The van der Waals surface area contributed by atoms with Gasteiger partial charge < -0.3 is 9.80 Å². The predicted molar refractivity (Wildman–Crippen MR) is 102 cm³/mol. The molecule has 0 amide bonds. The summed E-state index contributed by atoms with van der Waals surface area (Å²) in [5.41, 5.74) is 3.13. The van der Waals surface area contributed by atoms with E-state index in [0.29, 0.717) is 0 Å². The van der Waals surface area contributed by atoms with Crippen LogP contribution in [0.4, 0.5) is 5.95 Å². The van der Waals surface area contributed by atoms with Gasteiger partial charge in [-0.05, 0) is 25.1 Å². The van der Waals surface area contributed by atoms with Gasteiger partial charge in [-0.3, -0.25) is 0 Å². The Morgan fingerprint density at radius 1 is 1.04 bits per heavy atom. The third-order valence-electron chi connectivity index (χ3n) is 4.85. The Labute approximate surface area is 158 Å². The van der Waals surface area contributed by atoms with Gasteiger partial charge in [-0.25, -0.2) is 14.6 Å². The fraction of sp³-hybridized carbons (Fsp3) is 0.316. The Morgan fingerprint density at radius 3 is 2.42 bits per heavy atom. The van der Waals surface area contributed by atoms with Gasteiger partial charge in [0.25, 0.3) is 0 Å². The van der Waals surface area contributed by atoms with E-state index in [4.69, 9.17) is 11.6 Å². The smallest absolute Gasteiger partial charge is 0.225 e. The molecule has 134 valence electrons. The first-order valence-electron chi connectivity index (χ1n) is 8.87. The molecular weight excluding hydrogens is 348 g/mol. The normalized spacial score (nSPS) is 15.4. The summed E-state index contributed by atoms with van der Waals surface area (Å²) in [4.78, 5) is 12.4. The van der Waals surface area contributed by atoms with Gasteiger partial charge in [0.15, 0.2) is 0 Å². The Balaban J connectivity index is 1.45. The molecule has 0 bridgehead atoms. The van der Waals surface area contributed by atoms with E-state index in [2.05, 4.69) is 20.0 Å². The van der Waals surface area contributed by atoms with Crippen molar-refractivity contribution < 1.29 is 4.90 Å². The SMILES string of the molecule is Cc1nn(-c2ccccc2)c(Cl)c1C[NH+]1CCN(c2ncccn2)CC1. The van der Waals surface area contributed by atoms with Crippen LogP contribution in [-0.4, -0.2) is 45.9 Å².